The van der Waals surface area contributed by atoms with Gasteiger partial charge in [-0.1, -0.05) is 25.4 Å². The van der Waals surface area contributed by atoms with Gasteiger partial charge in [0.15, 0.2) is 0 Å². The summed E-state index contributed by atoms with van der Waals surface area (Å²) < 4.78 is 1.91. The molecule has 0 aliphatic heterocycles. The molecule has 0 fully saturated rings. The smallest absolute Gasteiger partial charge is 0.0815 e. The Kier molecular flexibility index (Phi) is 4.66. The fourth-order valence-corrected chi connectivity index (χ4v) is 3.04. The second-order valence-corrected chi connectivity index (χ2v) is 6.84. The van der Waals surface area contributed by atoms with Gasteiger partial charge in [-0.15, -0.1) is 11.3 Å². The Hall–Kier alpha value is -0.840. The Bertz CT molecular complexity index is 538. The van der Waals surface area contributed by atoms with Gasteiger partial charge >= 0.3 is 0 Å². The predicted octanol–water partition coefficient (Wildman–Crippen LogP) is 3.76. The molecule has 0 aliphatic rings. The van der Waals surface area contributed by atoms with Crippen LogP contribution in [0.5, 0.6) is 0 Å². The van der Waals surface area contributed by atoms with Crippen molar-refractivity contribution in [3.63, 3.8) is 0 Å². The average molecular weight is 298 g/mol. The van der Waals surface area contributed by atoms with E-state index in [1.165, 1.54) is 15.3 Å². The van der Waals surface area contributed by atoms with Gasteiger partial charge in [-0.2, -0.15) is 5.10 Å². The van der Waals surface area contributed by atoms with E-state index in [1.807, 2.05) is 29.1 Å². The van der Waals surface area contributed by atoms with Gasteiger partial charge in [0.05, 0.1) is 17.3 Å². The average Bonchev–Trinajstić information content (AvgIpc) is 2.82. The Labute approximate surface area is 123 Å². The van der Waals surface area contributed by atoms with Gasteiger partial charge in [0.25, 0.3) is 0 Å². The van der Waals surface area contributed by atoms with Crippen molar-refractivity contribution >= 4 is 22.9 Å². The maximum atomic E-state index is 6.03. The molecule has 5 heteroatoms. The summed E-state index contributed by atoms with van der Waals surface area (Å²) in [6.45, 7) is 10.1. The standard InChI is InChI=1S/C14H20ClN3S/c1-9(2)16-6-13-5-12(11(4)19-13)7-18-8-14(15)10(3)17-18/h5,8-9,16H,6-7H2,1-4H3. The molecule has 0 radical (unpaired) electrons. The normalized spacial score (nSPS) is 11.5. The van der Waals surface area contributed by atoms with Crippen LogP contribution in [-0.4, -0.2) is 15.8 Å². The zero-order valence-electron chi connectivity index (χ0n) is 11.8. The van der Waals surface area contributed by atoms with Gasteiger partial charge < -0.3 is 5.32 Å². The molecule has 0 saturated heterocycles. The quantitative estimate of drug-likeness (QED) is 0.910. The number of aromatic nitrogens is 2. The van der Waals surface area contributed by atoms with E-state index in [0.717, 1.165) is 23.8 Å². The fraction of sp³-hybridized carbons (Fsp3) is 0.500. The third-order valence-electron chi connectivity index (χ3n) is 2.97. The molecule has 0 aromatic carbocycles. The van der Waals surface area contributed by atoms with E-state index in [4.69, 9.17) is 11.6 Å². The van der Waals surface area contributed by atoms with Crippen molar-refractivity contribution in [2.24, 2.45) is 0 Å². The molecule has 104 valence electrons. The van der Waals surface area contributed by atoms with Gasteiger partial charge in [0, 0.05) is 28.5 Å². The van der Waals surface area contributed by atoms with Crippen molar-refractivity contribution in [3.05, 3.63) is 38.3 Å². The van der Waals surface area contributed by atoms with Crippen LogP contribution in [0.3, 0.4) is 0 Å². The molecule has 2 aromatic rings. The summed E-state index contributed by atoms with van der Waals surface area (Å²) in [4.78, 5) is 2.72. The summed E-state index contributed by atoms with van der Waals surface area (Å²) >= 11 is 7.88. The van der Waals surface area contributed by atoms with Crippen LogP contribution in [0.1, 0.15) is 34.9 Å². The summed E-state index contributed by atoms with van der Waals surface area (Å²) in [5, 5.41) is 8.58. The minimum atomic E-state index is 0.512. The van der Waals surface area contributed by atoms with E-state index >= 15 is 0 Å². The van der Waals surface area contributed by atoms with Crippen molar-refractivity contribution in [2.75, 3.05) is 0 Å². The number of rotatable bonds is 5. The van der Waals surface area contributed by atoms with Crippen LogP contribution in [-0.2, 0) is 13.1 Å². The molecule has 0 unspecified atom stereocenters. The third kappa shape index (κ3) is 3.81. The molecule has 2 aromatic heterocycles. The first-order chi connectivity index (χ1) is 8.95. The maximum absolute atomic E-state index is 6.03. The van der Waals surface area contributed by atoms with E-state index in [1.54, 1.807) is 0 Å². The Morgan fingerprint density at radius 3 is 2.74 bits per heavy atom. The molecule has 2 heterocycles. The minimum absolute atomic E-state index is 0.512. The number of thiophene rings is 1. The molecule has 3 nitrogen and oxygen atoms in total. The maximum Gasteiger partial charge on any atom is 0.0815 e. The van der Waals surface area contributed by atoms with Crippen LogP contribution in [0.15, 0.2) is 12.3 Å². The largest absolute Gasteiger partial charge is 0.310 e. The SMILES string of the molecule is Cc1nn(Cc2cc(CNC(C)C)sc2C)cc1Cl. The minimum Gasteiger partial charge on any atom is -0.310 e. The second kappa shape index (κ2) is 6.07. The van der Waals surface area contributed by atoms with Gasteiger partial charge in [0.1, 0.15) is 0 Å². The number of halogens is 1. The van der Waals surface area contributed by atoms with Crippen molar-refractivity contribution in [3.8, 4) is 0 Å². The van der Waals surface area contributed by atoms with E-state index in [2.05, 4.69) is 37.3 Å². The number of nitrogens with zero attached hydrogens (tertiary/aromatic N) is 2. The van der Waals surface area contributed by atoms with Gasteiger partial charge in [0.2, 0.25) is 0 Å². The van der Waals surface area contributed by atoms with E-state index in [0.29, 0.717) is 6.04 Å². The Morgan fingerprint density at radius 1 is 1.42 bits per heavy atom. The monoisotopic (exact) mass is 297 g/mol. The summed E-state index contributed by atoms with van der Waals surface area (Å²) in [5.41, 5.74) is 2.21. The van der Waals surface area contributed by atoms with E-state index in [9.17, 15) is 0 Å². The van der Waals surface area contributed by atoms with Crippen LogP contribution in [0.4, 0.5) is 0 Å². The van der Waals surface area contributed by atoms with Crippen molar-refractivity contribution in [1.29, 1.82) is 0 Å². The number of hydrogen-bond donors (Lipinski definition) is 1. The summed E-state index contributed by atoms with van der Waals surface area (Å²) in [6.07, 6.45) is 1.89. The zero-order chi connectivity index (χ0) is 14.0. The topological polar surface area (TPSA) is 29.9 Å². The van der Waals surface area contributed by atoms with Crippen LogP contribution in [0, 0.1) is 13.8 Å². The molecule has 0 amide bonds. The van der Waals surface area contributed by atoms with Crippen molar-refractivity contribution < 1.29 is 0 Å². The summed E-state index contributed by atoms with van der Waals surface area (Å²) in [7, 11) is 0. The molecule has 0 bridgehead atoms. The Morgan fingerprint density at radius 2 is 2.16 bits per heavy atom. The van der Waals surface area contributed by atoms with Gasteiger partial charge in [-0.05, 0) is 25.5 Å². The molecule has 0 saturated carbocycles. The first kappa shape index (κ1) is 14.6. The molecule has 2 rings (SSSR count). The molecule has 19 heavy (non-hydrogen) atoms. The van der Waals surface area contributed by atoms with E-state index < -0.39 is 0 Å². The van der Waals surface area contributed by atoms with Crippen LogP contribution in [0.25, 0.3) is 0 Å². The molecule has 0 spiro atoms. The van der Waals surface area contributed by atoms with Crippen molar-refractivity contribution in [1.82, 2.24) is 15.1 Å². The van der Waals surface area contributed by atoms with E-state index in [-0.39, 0.29) is 0 Å². The zero-order valence-corrected chi connectivity index (χ0v) is 13.4. The molecular weight excluding hydrogens is 278 g/mol. The molecule has 0 atom stereocenters. The fourth-order valence-electron chi connectivity index (χ4n) is 1.89. The lowest BCUT2D eigenvalue weighted by atomic mass is 10.2. The highest BCUT2D eigenvalue weighted by atomic mass is 35.5. The first-order valence-electron chi connectivity index (χ1n) is 6.47. The Balaban J connectivity index is 2.08. The van der Waals surface area contributed by atoms with Crippen LogP contribution >= 0.6 is 22.9 Å². The van der Waals surface area contributed by atoms with Gasteiger partial charge in [-0.3, -0.25) is 4.68 Å². The summed E-state index contributed by atoms with van der Waals surface area (Å²) in [6, 6.07) is 2.78. The second-order valence-electron chi connectivity index (χ2n) is 5.09. The highest BCUT2D eigenvalue weighted by Gasteiger charge is 2.08. The molecular formula is C14H20ClN3S. The number of nitrogens with one attached hydrogen (secondary N) is 1. The van der Waals surface area contributed by atoms with Gasteiger partial charge in [-0.25, -0.2) is 0 Å². The number of hydrogen-bond acceptors (Lipinski definition) is 3. The van der Waals surface area contributed by atoms with Crippen molar-refractivity contribution in [2.45, 2.75) is 46.8 Å². The summed E-state index contributed by atoms with van der Waals surface area (Å²) in [5.74, 6) is 0. The van der Waals surface area contributed by atoms with Crippen LogP contribution in [0.2, 0.25) is 5.02 Å². The predicted molar refractivity (Wildman–Crippen MR) is 82.1 cm³/mol. The first-order valence-corrected chi connectivity index (χ1v) is 7.66. The lowest BCUT2D eigenvalue weighted by molar-refractivity contribution is 0.593. The molecule has 0 aliphatic carbocycles. The lowest BCUT2D eigenvalue weighted by Gasteiger charge is -2.05. The highest BCUT2D eigenvalue weighted by molar-refractivity contribution is 7.12. The van der Waals surface area contributed by atoms with Crippen LogP contribution < -0.4 is 5.32 Å². The highest BCUT2D eigenvalue weighted by Crippen LogP contribution is 2.23. The number of aryl methyl sites for hydroxylation is 2. The molecule has 1 N–H and O–H groups in total. The lowest BCUT2D eigenvalue weighted by Crippen LogP contribution is -2.21. The third-order valence-corrected chi connectivity index (χ3v) is 4.44.